The first-order valence-corrected chi connectivity index (χ1v) is 8.33. The van der Waals surface area contributed by atoms with E-state index in [1.165, 1.54) is 7.05 Å². The SMILES string of the molecule is CNS(=O)(=O)Cc1ccccc1CNC(=O)c1ccncc1. The average Bonchev–Trinajstić information content (AvgIpc) is 2.54. The third kappa shape index (κ3) is 4.37. The van der Waals surface area contributed by atoms with Gasteiger partial charge in [-0.3, -0.25) is 9.78 Å². The number of nitrogens with one attached hydrogen (secondary N) is 2. The van der Waals surface area contributed by atoms with Crippen LogP contribution in [-0.2, 0) is 22.3 Å². The Kier molecular flexibility index (Phi) is 5.24. The third-order valence-electron chi connectivity index (χ3n) is 3.16. The molecule has 2 rings (SSSR count). The molecule has 116 valence electrons. The van der Waals surface area contributed by atoms with Crippen molar-refractivity contribution in [3.8, 4) is 0 Å². The van der Waals surface area contributed by atoms with E-state index in [1.807, 2.05) is 6.07 Å². The molecule has 7 heteroatoms. The third-order valence-corrected chi connectivity index (χ3v) is 4.47. The number of carbonyl (C=O) groups excluding carboxylic acids is 1. The van der Waals surface area contributed by atoms with Crippen LogP contribution in [-0.4, -0.2) is 26.4 Å². The molecule has 0 fully saturated rings. The highest BCUT2D eigenvalue weighted by Crippen LogP contribution is 2.12. The average molecular weight is 319 g/mol. The van der Waals surface area contributed by atoms with Gasteiger partial charge in [0.05, 0.1) is 5.75 Å². The zero-order valence-corrected chi connectivity index (χ0v) is 12.9. The van der Waals surface area contributed by atoms with Gasteiger partial charge in [-0.2, -0.15) is 0 Å². The number of sulfonamides is 1. The van der Waals surface area contributed by atoms with Crippen molar-refractivity contribution in [1.82, 2.24) is 15.0 Å². The Morgan fingerprint density at radius 3 is 2.36 bits per heavy atom. The van der Waals surface area contributed by atoms with Crippen LogP contribution in [0.3, 0.4) is 0 Å². The van der Waals surface area contributed by atoms with E-state index in [-0.39, 0.29) is 18.2 Å². The molecule has 1 heterocycles. The molecule has 0 atom stereocenters. The lowest BCUT2D eigenvalue weighted by molar-refractivity contribution is 0.0950. The highest BCUT2D eigenvalue weighted by atomic mass is 32.2. The lowest BCUT2D eigenvalue weighted by Crippen LogP contribution is -2.25. The van der Waals surface area contributed by atoms with E-state index in [1.54, 1.807) is 42.7 Å². The molecular weight excluding hydrogens is 302 g/mol. The molecule has 1 aromatic heterocycles. The Labute approximate surface area is 129 Å². The molecule has 0 unspecified atom stereocenters. The van der Waals surface area contributed by atoms with Gasteiger partial charge >= 0.3 is 0 Å². The minimum atomic E-state index is -3.36. The monoisotopic (exact) mass is 319 g/mol. The zero-order valence-electron chi connectivity index (χ0n) is 12.1. The molecule has 1 aromatic carbocycles. The van der Waals surface area contributed by atoms with E-state index in [4.69, 9.17) is 0 Å². The van der Waals surface area contributed by atoms with Gasteiger partial charge in [0.2, 0.25) is 10.0 Å². The van der Waals surface area contributed by atoms with E-state index >= 15 is 0 Å². The van der Waals surface area contributed by atoms with Gasteiger partial charge in [-0.05, 0) is 30.3 Å². The summed E-state index contributed by atoms with van der Waals surface area (Å²) >= 11 is 0. The van der Waals surface area contributed by atoms with Crippen LogP contribution in [0.1, 0.15) is 21.5 Å². The molecule has 2 N–H and O–H groups in total. The Morgan fingerprint density at radius 1 is 1.09 bits per heavy atom. The van der Waals surface area contributed by atoms with Crippen molar-refractivity contribution in [2.75, 3.05) is 7.05 Å². The maximum Gasteiger partial charge on any atom is 0.251 e. The summed E-state index contributed by atoms with van der Waals surface area (Å²) in [6, 6.07) is 10.4. The second-order valence-electron chi connectivity index (χ2n) is 4.65. The van der Waals surface area contributed by atoms with Crippen molar-refractivity contribution in [1.29, 1.82) is 0 Å². The number of nitrogens with zero attached hydrogens (tertiary/aromatic N) is 1. The molecule has 22 heavy (non-hydrogen) atoms. The van der Waals surface area contributed by atoms with Crippen molar-refractivity contribution in [2.24, 2.45) is 0 Å². The largest absolute Gasteiger partial charge is 0.348 e. The Bertz CT molecular complexity index is 746. The fourth-order valence-corrected chi connectivity index (χ4v) is 2.76. The minimum absolute atomic E-state index is 0.120. The lowest BCUT2D eigenvalue weighted by atomic mass is 10.1. The van der Waals surface area contributed by atoms with E-state index in [0.717, 1.165) is 5.56 Å². The van der Waals surface area contributed by atoms with Crippen LogP contribution >= 0.6 is 0 Å². The van der Waals surface area contributed by atoms with Crippen LogP contribution in [0.15, 0.2) is 48.8 Å². The Balaban J connectivity index is 2.09. The van der Waals surface area contributed by atoms with Crippen LogP contribution < -0.4 is 10.0 Å². The van der Waals surface area contributed by atoms with E-state index in [9.17, 15) is 13.2 Å². The molecule has 0 saturated carbocycles. The van der Waals surface area contributed by atoms with Gasteiger partial charge in [-0.15, -0.1) is 0 Å². The minimum Gasteiger partial charge on any atom is -0.348 e. The van der Waals surface area contributed by atoms with Crippen LogP contribution in [0.4, 0.5) is 0 Å². The Morgan fingerprint density at radius 2 is 1.73 bits per heavy atom. The van der Waals surface area contributed by atoms with Gasteiger partial charge in [0.25, 0.3) is 5.91 Å². The van der Waals surface area contributed by atoms with Crippen molar-refractivity contribution in [3.05, 3.63) is 65.5 Å². The number of rotatable bonds is 6. The summed E-state index contributed by atoms with van der Waals surface area (Å²) in [5, 5.41) is 2.78. The molecule has 0 spiro atoms. The maximum absolute atomic E-state index is 12.0. The molecule has 0 saturated heterocycles. The highest BCUT2D eigenvalue weighted by Gasteiger charge is 2.12. The number of pyridine rings is 1. The molecule has 1 amide bonds. The normalized spacial score (nSPS) is 11.1. The smallest absolute Gasteiger partial charge is 0.251 e. The standard InChI is InChI=1S/C15H17N3O3S/c1-16-22(20,21)11-14-5-3-2-4-13(14)10-18-15(19)12-6-8-17-9-7-12/h2-9,16H,10-11H2,1H3,(H,18,19). The quantitative estimate of drug-likeness (QED) is 0.833. The van der Waals surface area contributed by atoms with Crippen LogP contribution in [0.25, 0.3) is 0 Å². The first kappa shape index (κ1) is 16.1. The second-order valence-corrected chi connectivity index (χ2v) is 6.58. The zero-order chi connectivity index (χ0) is 16.0. The summed E-state index contributed by atoms with van der Waals surface area (Å²) in [6.45, 7) is 0.260. The van der Waals surface area contributed by atoms with Gasteiger partial charge in [0, 0.05) is 24.5 Å². The molecule has 0 aliphatic heterocycles. The number of hydrogen-bond donors (Lipinski definition) is 2. The molecule has 2 aromatic rings. The van der Waals surface area contributed by atoms with Crippen molar-refractivity contribution in [3.63, 3.8) is 0 Å². The predicted octanol–water partition coefficient (Wildman–Crippen LogP) is 1.06. The van der Waals surface area contributed by atoms with E-state index < -0.39 is 10.0 Å². The first-order chi connectivity index (χ1) is 10.5. The number of aromatic nitrogens is 1. The number of carbonyl (C=O) groups is 1. The van der Waals surface area contributed by atoms with E-state index in [0.29, 0.717) is 11.1 Å². The molecule has 0 aliphatic carbocycles. The van der Waals surface area contributed by atoms with E-state index in [2.05, 4.69) is 15.0 Å². The fraction of sp³-hybridized carbons (Fsp3) is 0.200. The summed E-state index contributed by atoms with van der Waals surface area (Å²) < 4.78 is 25.6. The maximum atomic E-state index is 12.0. The predicted molar refractivity (Wildman–Crippen MR) is 83.5 cm³/mol. The molecule has 0 aliphatic rings. The summed E-state index contributed by atoms with van der Waals surface area (Å²) in [4.78, 5) is 15.9. The molecule has 0 radical (unpaired) electrons. The van der Waals surface area contributed by atoms with Gasteiger partial charge < -0.3 is 5.32 Å². The molecular formula is C15H17N3O3S. The van der Waals surface area contributed by atoms with Crippen LogP contribution in [0.2, 0.25) is 0 Å². The molecule has 0 bridgehead atoms. The fourth-order valence-electron chi connectivity index (χ4n) is 1.93. The summed E-state index contributed by atoms with van der Waals surface area (Å²) in [5.74, 6) is -0.348. The first-order valence-electron chi connectivity index (χ1n) is 6.68. The lowest BCUT2D eigenvalue weighted by Gasteiger charge is -2.11. The number of amides is 1. The van der Waals surface area contributed by atoms with Crippen molar-refractivity contribution >= 4 is 15.9 Å². The van der Waals surface area contributed by atoms with Crippen molar-refractivity contribution in [2.45, 2.75) is 12.3 Å². The summed E-state index contributed by atoms with van der Waals surface area (Å²) in [6.07, 6.45) is 3.09. The van der Waals surface area contributed by atoms with Crippen LogP contribution in [0, 0.1) is 0 Å². The number of benzene rings is 1. The Hall–Kier alpha value is -2.25. The van der Waals surface area contributed by atoms with Crippen LogP contribution in [0.5, 0.6) is 0 Å². The molecule has 6 nitrogen and oxygen atoms in total. The van der Waals surface area contributed by atoms with Gasteiger partial charge in [-0.25, -0.2) is 13.1 Å². The summed E-state index contributed by atoms with van der Waals surface area (Å²) in [5.41, 5.74) is 1.94. The van der Waals surface area contributed by atoms with Gasteiger partial charge in [0.1, 0.15) is 0 Å². The number of hydrogen-bond acceptors (Lipinski definition) is 4. The summed E-state index contributed by atoms with van der Waals surface area (Å²) in [7, 11) is -1.98. The highest BCUT2D eigenvalue weighted by molar-refractivity contribution is 7.88. The second kappa shape index (κ2) is 7.15. The van der Waals surface area contributed by atoms with Gasteiger partial charge in [0.15, 0.2) is 0 Å². The topological polar surface area (TPSA) is 88.2 Å². The van der Waals surface area contributed by atoms with Gasteiger partial charge in [-0.1, -0.05) is 24.3 Å². The van der Waals surface area contributed by atoms with Crippen molar-refractivity contribution < 1.29 is 13.2 Å².